The number of rotatable bonds is 3. The Hall–Kier alpha value is -1.06. The van der Waals surface area contributed by atoms with Crippen LogP contribution in [0, 0.1) is 5.41 Å². The summed E-state index contributed by atoms with van der Waals surface area (Å²) in [5, 5.41) is 0. The third-order valence-electron chi connectivity index (χ3n) is 3.48. The van der Waals surface area contributed by atoms with Gasteiger partial charge in [-0.15, -0.1) is 0 Å². The Balaban J connectivity index is 2.69. The molecule has 0 saturated carbocycles. The fourth-order valence-electron chi connectivity index (χ4n) is 2.50. The van der Waals surface area contributed by atoms with Crippen LogP contribution in [0.5, 0.6) is 0 Å². The van der Waals surface area contributed by atoms with E-state index in [9.17, 15) is 9.59 Å². The van der Waals surface area contributed by atoms with Crippen LogP contribution < -0.4 is 0 Å². The van der Waals surface area contributed by atoms with Crippen molar-refractivity contribution in [2.24, 2.45) is 5.41 Å². The van der Waals surface area contributed by atoms with E-state index in [0.717, 1.165) is 19.3 Å². The number of nitrogens with zero attached hydrogens (tertiary/aromatic N) is 1. The first-order valence-electron chi connectivity index (χ1n) is 6.69. The van der Waals surface area contributed by atoms with Gasteiger partial charge in [0.15, 0.2) is 0 Å². The van der Waals surface area contributed by atoms with Gasteiger partial charge in [0.25, 0.3) is 0 Å². The van der Waals surface area contributed by atoms with Crippen molar-refractivity contribution in [3.05, 3.63) is 0 Å². The van der Waals surface area contributed by atoms with Crippen molar-refractivity contribution >= 4 is 11.9 Å². The molecule has 0 spiro atoms. The Morgan fingerprint density at radius 3 is 2.39 bits per heavy atom. The molecule has 1 heterocycles. The molecule has 104 valence electrons. The molecule has 4 nitrogen and oxygen atoms in total. The Morgan fingerprint density at radius 2 is 1.94 bits per heavy atom. The monoisotopic (exact) mass is 255 g/mol. The molecular weight excluding hydrogens is 230 g/mol. The van der Waals surface area contributed by atoms with Crippen molar-refractivity contribution in [2.45, 2.75) is 59.5 Å². The van der Waals surface area contributed by atoms with E-state index in [2.05, 4.69) is 6.92 Å². The van der Waals surface area contributed by atoms with Gasteiger partial charge >= 0.3 is 6.09 Å². The highest BCUT2D eigenvalue weighted by molar-refractivity contribution is 5.84. The fraction of sp³-hybridized carbons (Fsp3) is 0.857. The van der Waals surface area contributed by atoms with Crippen molar-refractivity contribution in [3.63, 3.8) is 0 Å². The van der Waals surface area contributed by atoms with Crippen LogP contribution in [-0.2, 0) is 9.53 Å². The predicted molar refractivity (Wildman–Crippen MR) is 70.4 cm³/mol. The van der Waals surface area contributed by atoms with Crippen LogP contribution in [0.15, 0.2) is 0 Å². The van der Waals surface area contributed by atoms with Gasteiger partial charge in [0, 0.05) is 18.5 Å². The summed E-state index contributed by atoms with van der Waals surface area (Å²) in [6.07, 6.45) is 2.26. The molecule has 0 aliphatic carbocycles. The number of ether oxygens (including phenoxy) is 1. The summed E-state index contributed by atoms with van der Waals surface area (Å²) in [5.74, 6) is 0.190. The normalized spacial score (nSPS) is 24.2. The SMILES string of the molecule is CCCC1(C(C)=O)CCN(C(=O)OC(C)(C)C)C1. The summed E-state index contributed by atoms with van der Waals surface area (Å²) in [4.78, 5) is 25.5. The third-order valence-corrected chi connectivity index (χ3v) is 3.48. The maximum absolute atomic E-state index is 12.0. The lowest BCUT2D eigenvalue weighted by molar-refractivity contribution is -0.126. The lowest BCUT2D eigenvalue weighted by Gasteiger charge is -2.27. The van der Waals surface area contributed by atoms with E-state index < -0.39 is 5.60 Å². The van der Waals surface area contributed by atoms with Crippen molar-refractivity contribution in [1.82, 2.24) is 4.90 Å². The van der Waals surface area contributed by atoms with Crippen molar-refractivity contribution in [1.29, 1.82) is 0 Å². The van der Waals surface area contributed by atoms with Crippen molar-refractivity contribution in [3.8, 4) is 0 Å². The number of ketones is 1. The molecule has 1 atom stereocenters. The summed E-state index contributed by atoms with van der Waals surface area (Å²) in [6, 6.07) is 0. The van der Waals surface area contributed by atoms with Gasteiger partial charge in [-0.3, -0.25) is 4.79 Å². The van der Waals surface area contributed by atoms with Gasteiger partial charge in [-0.05, 0) is 40.5 Å². The van der Waals surface area contributed by atoms with E-state index in [4.69, 9.17) is 4.74 Å². The highest BCUT2D eigenvalue weighted by Crippen LogP contribution is 2.36. The number of amides is 1. The molecule has 1 saturated heterocycles. The Kier molecular flexibility index (Phi) is 4.41. The predicted octanol–water partition coefficient (Wildman–Crippen LogP) is 3.00. The Bertz CT molecular complexity index is 332. The summed E-state index contributed by atoms with van der Waals surface area (Å²) in [5.41, 5.74) is -0.824. The van der Waals surface area contributed by atoms with Crippen LogP contribution >= 0.6 is 0 Å². The molecular formula is C14H25NO3. The molecule has 0 aromatic rings. The first kappa shape index (κ1) is 15.0. The number of carbonyl (C=O) groups is 2. The molecule has 0 N–H and O–H groups in total. The van der Waals surface area contributed by atoms with E-state index in [-0.39, 0.29) is 17.3 Å². The second-order valence-electron chi connectivity index (χ2n) is 6.24. The molecule has 18 heavy (non-hydrogen) atoms. The largest absolute Gasteiger partial charge is 0.444 e. The first-order valence-corrected chi connectivity index (χ1v) is 6.69. The standard InChI is InChI=1S/C14H25NO3/c1-6-7-14(11(2)16)8-9-15(10-14)12(17)18-13(3,4)5/h6-10H2,1-5H3. The summed E-state index contributed by atoms with van der Waals surface area (Å²) >= 11 is 0. The summed E-state index contributed by atoms with van der Waals surface area (Å²) in [7, 11) is 0. The van der Waals surface area contributed by atoms with Crippen molar-refractivity contribution in [2.75, 3.05) is 13.1 Å². The van der Waals surface area contributed by atoms with E-state index in [0.29, 0.717) is 13.1 Å². The highest BCUT2D eigenvalue weighted by atomic mass is 16.6. The molecule has 1 amide bonds. The molecule has 0 aromatic carbocycles. The topological polar surface area (TPSA) is 46.6 Å². The maximum atomic E-state index is 12.0. The fourth-order valence-corrected chi connectivity index (χ4v) is 2.50. The zero-order chi connectivity index (χ0) is 14.0. The minimum atomic E-state index is -0.483. The molecule has 0 radical (unpaired) electrons. The van der Waals surface area contributed by atoms with Gasteiger partial charge in [0.2, 0.25) is 0 Å². The Morgan fingerprint density at radius 1 is 1.33 bits per heavy atom. The number of likely N-dealkylation sites (tertiary alicyclic amines) is 1. The highest BCUT2D eigenvalue weighted by Gasteiger charge is 2.43. The van der Waals surface area contributed by atoms with Gasteiger partial charge < -0.3 is 9.64 Å². The van der Waals surface area contributed by atoms with Gasteiger partial charge in [0.1, 0.15) is 11.4 Å². The molecule has 4 heteroatoms. The third kappa shape index (κ3) is 3.47. The molecule has 1 rings (SSSR count). The van der Waals surface area contributed by atoms with Crippen LogP contribution in [-0.4, -0.2) is 35.5 Å². The zero-order valence-corrected chi connectivity index (χ0v) is 12.2. The van der Waals surface area contributed by atoms with Crippen LogP contribution in [0.2, 0.25) is 0 Å². The average molecular weight is 255 g/mol. The number of Topliss-reactive ketones (excluding diaryl/α,β-unsaturated/α-hetero) is 1. The molecule has 1 fully saturated rings. The maximum Gasteiger partial charge on any atom is 0.410 e. The smallest absolute Gasteiger partial charge is 0.410 e. The van der Waals surface area contributed by atoms with Crippen LogP contribution in [0.25, 0.3) is 0 Å². The lowest BCUT2D eigenvalue weighted by atomic mass is 9.79. The van der Waals surface area contributed by atoms with Gasteiger partial charge in [-0.2, -0.15) is 0 Å². The van der Waals surface area contributed by atoms with Gasteiger partial charge in [-0.25, -0.2) is 4.79 Å². The number of hydrogen-bond acceptors (Lipinski definition) is 3. The van der Waals surface area contributed by atoms with Crippen molar-refractivity contribution < 1.29 is 14.3 Å². The van der Waals surface area contributed by atoms with Crippen LogP contribution in [0.4, 0.5) is 4.79 Å². The second-order valence-corrected chi connectivity index (χ2v) is 6.24. The zero-order valence-electron chi connectivity index (χ0n) is 12.2. The Labute approximate surface area is 110 Å². The molecule has 1 aliphatic heterocycles. The van der Waals surface area contributed by atoms with E-state index in [1.807, 2.05) is 20.8 Å². The number of carbonyl (C=O) groups excluding carboxylic acids is 2. The number of hydrogen-bond donors (Lipinski definition) is 0. The molecule has 1 aliphatic rings. The lowest BCUT2D eigenvalue weighted by Crippen LogP contribution is -2.38. The van der Waals surface area contributed by atoms with E-state index >= 15 is 0 Å². The first-order chi connectivity index (χ1) is 8.20. The quantitative estimate of drug-likeness (QED) is 0.778. The average Bonchev–Trinajstić information content (AvgIpc) is 2.61. The minimum Gasteiger partial charge on any atom is -0.444 e. The summed E-state index contributed by atoms with van der Waals surface area (Å²) < 4.78 is 5.35. The van der Waals surface area contributed by atoms with E-state index in [1.165, 1.54) is 0 Å². The summed E-state index contributed by atoms with van der Waals surface area (Å²) in [6.45, 7) is 10.4. The molecule has 0 aromatic heterocycles. The van der Waals surface area contributed by atoms with Crippen LogP contribution in [0.1, 0.15) is 53.9 Å². The molecule has 0 bridgehead atoms. The second kappa shape index (κ2) is 5.29. The van der Waals surface area contributed by atoms with Crippen LogP contribution in [0.3, 0.4) is 0 Å². The molecule has 1 unspecified atom stereocenters. The van der Waals surface area contributed by atoms with Gasteiger partial charge in [-0.1, -0.05) is 13.3 Å². The van der Waals surface area contributed by atoms with Gasteiger partial charge in [0.05, 0.1) is 0 Å². The minimum absolute atomic E-state index is 0.190. The van der Waals surface area contributed by atoms with E-state index in [1.54, 1.807) is 11.8 Å².